The summed E-state index contributed by atoms with van der Waals surface area (Å²) in [6, 6.07) is -2.40. The monoisotopic (exact) mass is 661 g/mol. The molecule has 3 rings (SSSR count). The summed E-state index contributed by atoms with van der Waals surface area (Å²) in [7, 11) is 1.15. The van der Waals surface area contributed by atoms with Crippen LogP contribution in [0.4, 0.5) is 9.59 Å². The molecule has 0 bridgehead atoms. The maximum absolute atomic E-state index is 14.5. The predicted molar refractivity (Wildman–Crippen MR) is 171 cm³/mol. The van der Waals surface area contributed by atoms with Crippen LogP contribution in [0.15, 0.2) is 25.3 Å². The highest BCUT2D eigenvalue weighted by atomic mass is 16.6. The van der Waals surface area contributed by atoms with Gasteiger partial charge in [0.25, 0.3) is 5.91 Å². The number of ether oxygens (including phenoxy) is 4. The first-order valence-corrected chi connectivity index (χ1v) is 16.5. The molecule has 1 saturated heterocycles. The molecule has 3 fully saturated rings. The first kappa shape index (κ1) is 37.6. The van der Waals surface area contributed by atoms with Gasteiger partial charge in [-0.1, -0.05) is 25.0 Å². The Balaban J connectivity index is 1.97. The standard InChI is InChI=1S/C34H51N3O10/c1-8-10-11-12-13-18-26(35-31(42)46-24-16-14-15-17-24)28(39)36-21-25(45-22(3)38)19-27(36)29(40)37(32(43)47-33(4,5)6)34(30(41)44-7)20-23(34)9-2/h8-9,23-27H,1-2,10-21H2,3-7H3,(H,35,42)/t23-,25-,26+,27+,34-/m1/s1. The Hall–Kier alpha value is -3.90. The number of amides is 4. The largest absolute Gasteiger partial charge is 0.467 e. The van der Waals surface area contributed by atoms with Crippen molar-refractivity contribution >= 4 is 35.9 Å². The van der Waals surface area contributed by atoms with Crippen LogP contribution < -0.4 is 5.32 Å². The van der Waals surface area contributed by atoms with Gasteiger partial charge in [0.05, 0.1) is 13.7 Å². The van der Waals surface area contributed by atoms with E-state index < -0.39 is 71.2 Å². The third kappa shape index (κ3) is 9.57. The maximum atomic E-state index is 14.5. The summed E-state index contributed by atoms with van der Waals surface area (Å²) in [5.74, 6) is -3.55. The third-order valence-electron chi connectivity index (χ3n) is 8.73. The Morgan fingerprint density at radius 3 is 2.26 bits per heavy atom. The number of hydrogen-bond donors (Lipinski definition) is 1. The number of imide groups is 1. The normalized spacial score (nSPS) is 24.4. The third-order valence-corrected chi connectivity index (χ3v) is 8.73. The van der Waals surface area contributed by atoms with Crippen molar-refractivity contribution in [3.63, 3.8) is 0 Å². The average molecular weight is 662 g/mol. The summed E-state index contributed by atoms with van der Waals surface area (Å²) in [6.07, 6.45) is 6.91. The molecule has 1 aliphatic heterocycles. The molecule has 13 nitrogen and oxygen atoms in total. The van der Waals surface area contributed by atoms with Crippen LogP contribution in [0.1, 0.15) is 98.3 Å². The van der Waals surface area contributed by atoms with Gasteiger partial charge in [0.2, 0.25) is 5.91 Å². The molecule has 4 amide bonds. The van der Waals surface area contributed by atoms with Crippen LogP contribution in [-0.2, 0) is 38.1 Å². The molecule has 5 atom stereocenters. The van der Waals surface area contributed by atoms with Gasteiger partial charge in [0, 0.05) is 19.3 Å². The van der Waals surface area contributed by atoms with Gasteiger partial charge < -0.3 is 29.2 Å². The van der Waals surface area contributed by atoms with Crippen LogP contribution in [0, 0.1) is 5.92 Å². The molecule has 3 aliphatic rings. The molecule has 47 heavy (non-hydrogen) atoms. The van der Waals surface area contributed by atoms with Gasteiger partial charge >= 0.3 is 24.1 Å². The van der Waals surface area contributed by atoms with Crippen LogP contribution in [-0.4, -0.2) is 94.8 Å². The summed E-state index contributed by atoms with van der Waals surface area (Å²) in [6.45, 7) is 13.4. The van der Waals surface area contributed by atoms with Crippen molar-refractivity contribution < 1.29 is 47.7 Å². The molecule has 0 aromatic heterocycles. The number of allylic oxidation sites excluding steroid dienone is 1. The SMILES string of the molecule is C=CCCCCC[C@H](NC(=O)OC1CCCC1)C(=O)N1C[C@H](OC(C)=O)C[C@H]1C(=O)N(C(=O)OC(C)(C)C)[C@]1(C(=O)OC)C[C@H]1C=C. The number of methoxy groups -OCH3 is 1. The van der Waals surface area contributed by atoms with Crippen LogP contribution >= 0.6 is 0 Å². The zero-order valence-corrected chi connectivity index (χ0v) is 28.4. The predicted octanol–water partition coefficient (Wildman–Crippen LogP) is 4.57. The lowest BCUT2D eigenvalue weighted by Gasteiger charge is -2.35. The zero-order valence-electron chi connectivity index (χ0n) is 28.4. The topological polar surface area (TPSA) is 158 Å². The number of likely N-dealkylation sites (tertiary alicyclic amines) is 1. The number of nitrogens with one attached hydrogen (secondary N) is 1. The number of alkyl carbamates (subject to hydrolysis) is 1. The maximum Gasteiger partial charge on any atom is 0.418 e. The van der Waals surface area contributed by atoms with Crippen LogP contribution in [0.5, 0.6) is 0 Å². The molecule has 2 aliphatic carbocycles. The van der Waals surface area contributed by atoms with Gasteiger partial charge in [0.15, 0.2) is 5.54 Å². The van der Waals surface area contributed by atoms with Gasteiger partial charge in [-0.3, -0.25) is 14.4 Å². The van der Waals surface area contributed by atoms with E-state index in [1.165, 1.54) is 17.9 Å². The molecule has 0 spiro atoms. The highest BCUT2D eigenvalue weighted by Gasteiger charge is 2.69. The Labute approximate surface area is 277 Å². The minimum absolute atomic E-state index is 0.0596. The highest BCUT2D eigenvalue weighted by Crippen LogP contribution is 2.51. The van der Waals surface area contributed by atoms with E-state index in [-0.39, 0.29) is 31.9 Å². The molecule has 13 heteroatoms. The number of rotatable bonds is 14. The number of carbonyl (C=O) groups is 6. The summed E-state index contributed by atoms with van der Waals surface area (Å²) < 4.78 is 21.6. The summed E-state index contributed by atoms with van der Waals surface area (Å²) in [4.78, 5) is 82.6. The van der Waals surface area contributed by atoms with E-state index in [9.17, 15) is 28.8 Å². The number of hydrogen-bond acceptors (Lipinski definition) is 10. The van der Waals surface area contributed by atoms with Crippen LogP contribution in [0.2, 0.25) is 0 Å². The van der Waals surface area contributed by atoms with E-state index in [2.05, 4.69) is 18.5 Å². The van der Waals surface area contributed by atoms with Gasteiger partial charge in [-0.15, -0.1) is 13.2 Å². The van der Waals surface area contributed by atoms with Crippen molar-refractivity contribution in [1.29, 1.82) is 0 Å². The second kappa shape index (κ2) is 16.3. The average Bonchev–Trinajstić information content (AvgIpc) is 3.26. The van der Waals surface area contributed by atoms with Crippen LogP contribution in [0.3, 0.4) is 0 Å². The lowest BCUT2D eigenvalue weighted by Crippen LogP contribution is -2.60. The molecule has 2 saturated carbocycles. The summed E-state index contributed by atoms with van der Waals surface area (Å²) >= 11 is 0. The fourth-order valence-electron chi connectivity index (χ4n) is 6.42. The Kier molecular flexibility index (Phi) is 13.0. The number of unbranched alkanes of at least 4 members (excludes halogenated alkanes) is 3. The quantitative estimate of drug-likeness (QED) is 0.121. The Bertz CT molecular complexity index is 1210. The molecule has 1 heterocycles. The van der Waals surface area contributed by atoms with Crippen LogP contribution in [0.25, 0.3) is 0 Å². The number of esters is 2. The van der Waals surface area contributed by atoms with E-state index >= 15 is 0 Å². The molecule has 0 aromatic carbocycles. The van der Waals surface area contributed by atoms with E-state index in [0.717, 1.165) is 57.0 Å². The first-order valence-electron chi connectivity index (χ1n) is 16.5. The van der Waals surface area contributed by atoms with Gasteiger partial charge in [-0.25, -0.2) is 19.3 Å². The van der Waals surface area contributed by atoms with Crippen molar-refractivity contribution in [3.8, 4) is 0 Å². The van der Waals surface area contributed by atoms with Gasteiger partial charge in [0.1, 0.15) is 29.9 Å². The van der Waals surface area contributed by atoms with E-state index in [4.69, 9.17) is 18.9 Å². The second-order valence-electron chi connectivity index (χ2n) is 13.5. The molecule has 0 aromatic rings. The molecular formula is C34H51N3O10. The van der Waals surface area contributed by atoms with E-state index in [0.29, 0.717) is 6.42 Å². The minimum atomic E-state index is -1.72. The number of carbonyl (C=O) groups excluding carboxylic acids is 6. The van der Waals surface area contributed by atoms with E-state index in [1.54, 1.807) is 20.8 Å². The lowest BCUT2D eigenvalue weighted by atomic mass is 10.0. The number of nitrogens with zero attached hydrogens (tertiary/aromatic N) is 2. The smallest absolute Gasteiger partial charge is 0.418 e. The van der Waals surface area contributed by atoms with Crippen molar-refractivity contribution in [2.45, 2.75) is 134 Å². The molecular weight excluding hydrogens is 610 g/mol. The summed E-state index contributed by atoms with van der Waals surface area (Å²) in [5, 5.41) is 2.71. The molecule has 0 radical (unpaired) electrons. The molecule has 262 valence electrons. The van der Waals surface area contributed by atoms with Crippen molar-refractivity contribution in [2.75, 3.05) is 13.7 Å². The zero-order chi connectivity index (χ0) is 34.9. The second-order valence-corrected chi connectivity index (χ2v) is 13.5. The lowest BCUT2D eigenvalue weighted by molar-refractivity contribution is -0.157. The van der Waals surface area contributed by atoms with Gasteiger partial charge in [-0.05, 0) is 72.1 Å². The van der Waals surface area contributed by atoms with Gasteiger partial charge in [-0.2, -0.15) is 0 Å². The van der Waals surface area contributed by atoms with Crippen molar-refractivity contribution in [3.05, 3.63) is 25.3 Å². The fourth-order valence-corrected chi connectivity index (χ4v) is 6.42. The first-order chi connectivity index (χ1) is 22.2. The Morgan fingerprint density at radius 1 is 1.02 bits per heavy atom. The fraction of sp³-hybridized carbons (Fsp3) is 0.706. The van der Waals surface area contributed by atoms with E-state index in [1.807, 2.05) is 6.08 Å². The molecule has 1 N–H and O–H groups in total. The van der Waals surface area contributed by atoms with Crippen molar-refractivity contribution in [1.82, 2.24) is 15.1 Å². The highest BCUT2D eigenvalue weighted by molar-refractivity contribution is 6.04. The Morgan fingerprint density at radius 2 is 1.70 bits per heavy atom. The molecule has 0 unspecified atom stereocenters. The summed E-state index contributed by atoms with van der Waals surface area (Å²) in [5.41, 5.74) is -2.75. The minimum Gasteiger partial charge on any atom is -0.467 e. The van der Waals surface area contributed by atoms with Crippen molar-refractivity contribution in [2.24, 2.45) is 5.92 Å².